The Morgan fingerprint density at radius 2 is 2.05 bits per heavy atom. The number of anilines is 2. The second-order valence-electron chi connectivity index (χ2n) is 4.38. The maximum Gasteiger partial charge on any atom is 0.250 e. The van der Waals surface area contributed by atoms with Crippen LogP contribution in [0.15, 0.2) is 18.2 Å². The van der Waals surface area contributed by atoms with E-state index in [-0.39, 0.29) is 0 Å². The highest BCUT2D eigenvalue weighted by Gasteiger charge is 2.08. The minimum atomic E-state index is -0.510. The van der Waals surface area contributed by atoms with Crippen LogP contribution in [0.1, 0.15) is 36.5 Å². The van der Waals surface area contributed by atoms with Crippen LogP contribution in [0.4, 0.5) is 11.4 Å². The fraction of sp³-hybridized carbons (Fsp3) is 0.500. The minimum absolute atomic E-state index is 0.351. The summed E-state index contributed by atoms with van der Waals surface area (Å²) in [5, 5.41) is 3.19. The molecule has 1 aromatic carbocycles. The van der Waals surface area contributed by atoms with Gasteiger partial charge in [0, 0.05) is 19.8 Å². The lowest BCUT2D eigenvalue weighted by Gasteiger charge is -2.11. The lowest BCUT2D eigenvalue weighted by Crippen LogP contribution is -2.15. The molecule has 0 unspecified atom stereocenters. The zero-order valence-electron chi connectivity index (χ0n) is 11.4. The number of amides is 1. The van der Waals surface area contributed by atoms with Crippen molar-refractivity contribution in [2.75, 3.05) is 30.8 Å². The third kappa shape index (κ3) is 5.18. The number of primary amides is 1. The fourth-order valence-corrected chi connectivity index (χ4v) is 1.68. The zero-order valence-corrected chi connectivity index (χ0v) is 11.4. The van der Waals surface area contributed by atoms with Gasteiger partial charge in [-0.25, -0.2) is 0 Å². The molecule has 0 saturated heterocycles. The van der Waals surface area contributed by atoms with E-state index >= 15 is 0 Å². The molecule has 0 aromatic heterocycles. The number of benzene rings is 1. The van der Waals surface area contributed by atoms with Crippen LogP contribution in [-0.2, 0) is 4.74 Å². The van der Waals surface area contributed by atoms with Gasteiger partial charge in [0.2, 0.25) is 0 Å². The van der Waals surface area contributed by atoms with E-state index in [2.05, 4.69) is 12.2 Å². The molecule has 0 aliphatic rings. The number of nitrogen functional groups attached to an aromatic ring is 1. The van der Waals surface area contributed by atoms with Gasteiger partial charge >= 0.3 is 0 Å². The van der Waals surface area contributed by atoms with Crippen LogP contribution in [0.3, 0.4) is 0 Å². The highest BCUT2D eigenvalue weighted by Crippen LogP contribution is 2.22. The van der Waals surface area contributed by atoms with E-state index < -0.39 is 5.91 Å². The smallest absolute Gasteiger partial charge is 0.250 e. The number of carbonyl (C=O) groups is 1. The molecule has 1 aromatic rings. The first-order valence-electron chi connectivity index (χ1n) is 6.66. The first kappa shape index (κ1) is 15.3. The summed E-state index contributed by atoms with van der Waals surface area (Å²) in [6, 6.07) is 5.22. The van der Waals surface area contributed by atoms with Gasteiger partial charge in [-0.2, -0.15) is 0 Å². The standard InChI is InChI=1S/C14H23N3O2/c1-2-3-9-19-10-5-8-17-12-7-4-6-11(13(12)15)14(16)18/h4,6-7,17H,2-3,5,8-10,15H2,1H3,(H2,16,18). The number of hydrogen-bond donors (Lipinski definition) is 3. The molecule has 5 heteroatoms. The maximum atomic E-state index is 11.1. The molecule has 0 radical (unpaired) electrons. The molecule has 0 fully saturated rings. The summed E-state index contributed by atoms with van der Waals surface area (Å²) < 4.78 is 5.46. The number of nitrogens with two attached hydrogens (primary N) is 2. The number of ether oxygens (including phenoxy) is 1. The molecule has 0 atom stereocenters. The molecule has 0 aliphatic carbocycles. The van der Waals surface area contributed by atoms with E-state index in [4.69, 9.17) is 16.2 Å². The minimum Gasteiger partial charge on any atom is -0.396 e. The molecule has 106 valence electrons. The maximum absolute atomic E-state index is 11.1. The van der Waals surface area contributed by atoms with E-state index in [1.165, 1.54) is 0 Å². The van der Waals surface area contributed by atoms with Crippen molar-refractivity contribution in [1.82, 2.24) is 0 Å². The molecule has 0 aliphatic heterocycles. The Balaban J connectivity index is 2.33. The first-order chi connectivity index (χ1) is 9.16. The van der Waals surface area contributed by atoms with Gasteiger partial charge in [-0.1, -0.05) is 19.4 Å². The SMILES string of the molecule is CCCCOCCCNc1cccc(C(N)=O)c1N. The highest BCUT2D eigenvalue weighted by atomic mass is 16.5. The molecule has 1 amide bonds. The third-order valence-corrected chi connectivity index (χ3v) is 2.79. The van der Waals surface area contributed by atoms with Crippen LogP contribution in [0, 0.1) is 0 Å². The van der Waals surface area contributed by atoms with E-state index in [1.54, 1.807) is 12.1 Å². The number of unbranched alkanes of at least 4 members (excludes halogenated alkanes) is 1. The van der Waals surface area contributed by atoms with Gasteiger partial charge in [0.1, 0.15) is 0 Å². The Labute approximate surface area is 114 Å². The topological polar surface area (TPSA) is 90.4 Å². The predicted octanol–water partition coefficient (Wildman–Crippen LogP) is 1.99. The van der Waals surface area contributed by atoms with Crippen molar-refractivity contribution in [1.29, 1.82) is 0 Å². The summed E-state index contributed by atoms with van der Waals surface area (Å²) in [5.74, 6) is -0.510. The Kier molecular flexibility index (Phi) is 6.74. The molecule has 0 spiro atoms. The number of nitrogens with one attached hydrogen (secondary N) is 1. The van der Waals surface area contributed by atoms with E-state index in [1.807, 2.05) is 6.07 Å². The van der Waals surface area contributed by atoms with Gasteiger partial charge in [0.25, 0.3) is 5.91 Å². The number of carbonyl (C=O) groups excluding carboxylic acids is 1. The van der Waals surface area contributed by atoms with Gasteiger partial charge < -0.3 is 21.5 Å². The summed E-state index contributed by atoms with van der Waals surface area (Å²) in [6.45, 7) is 4.43. The van der Waals surface area contributed by atoms with Gasteiger partial charge in [-0.05, 0) is 25.0 Å². The van der Waals surface area contributed by atoms with Crippen molar-refractivity contribution in [3.63, 3.8) is 0 Å². The van der Waals surface area contributed by atoms with Crippen LogP contribution in [-0.4, -0.2) is 25.7 Å². The Morgan fingerprint density at radius 1 is 1.32 bits per heavy atom. The summed E-state index contributed by atoms with van der Waals surface area (Å²) >= 11 is 0. The zero-order chi connectivity index (χ0) is 14.1. The van der Waals surface area contributed by atoms with Crippen LogP contribution >= 0.6 is 0 Å². The molecule has 0 saturated carbocycles. The molecular formula is C14H23N3O2. The average Bonchev–Trinajstić information content (AvgIpc) is 2.39. The van der Waals surface area contributed by atoms with Crippen molar-refractivity contribution >= 4 is 17.3 Å². The van der Waals surface area contributed by atoms with Crippen LogP contribution in [0.25, 0.3) is 0 Å². The van der Waals surface area contributed by atoms with Crippen molar-refractivity contribution in [2.24, 2.45) is 5.73 Å². The average molecular weight is 265 g/mol. The Hall–Kier alpha value is -1.75. The van der Waals surface area contributed by atoms with Crippen molar-refractivity contribution in [3.05, 3.63) is 23.8 Å². The quantitative estimate of drug-likeness (QED) is 0.470. The Bertz CT molecular complexity index is 408. The largest absolute Gasteiger partial charge is 0.396 e. The molecule has 1 rings (SSSR count). The highest BCUT2D eigenvalue weighted by molar-refractivity contribution is 6.00. The molecular weight excluding hydrogens is 242 g/mol. The molecule has 19 heavy (non-hydrogen) atoms. The van der Waals surface area contributed by atoms with Crippen LogP contribution < -0.4 is 16.8 Å². The second kappa shape index (κ2) is 8.37. The number of hydrogen-bond acceptors (Lipinski definition) is 4. The molecule has 0 heterocycles. The van der Waals surface area contributed by atoms with Gasteiger partial charge in [-0.15, -0.1) is 0 Å². The lowest BCUT2D eigenvalue weighted by atomic mass is 10.1. The summed E-state index contributed by atoms with van der Waals surface area (Å²) in [7, 11) is 0. The Morgan fingerprint density at radius 3 is 2.74 bits per heavy atom. The van der Waals surface area contributed by atoms with E-state index in [0.717, 1.165) is 44.7 Å². The second-order valence-corrected chi connectivity index (χ2v) is 4.38. The monoisotopic (exact) mass is 265 g/mol. The van der Waals surface area contributed by atoms with Gasteiger partial charge in [0.05, 0.1) is 16.9 Å². The normalized spacial score (nSPS) is 10.4. The molecule has 0 bridgehead atoms. The number of para-hydroxylation sites is 1. The molecule has 5 N–H and O–H groups in total. The van der Waals surface area contributed by atoms with Crippen molar-refractivity contribution < 1.29 is 9.53 Å². The molecule has 5 nitrogen and oxygen atoms in total. The van der Waals surface area contributed by atoms with Crippen LogP contribution in [0.5, 0.6) is 0 Å². The lowest BCUT2D eigenvalue weighted by molar-refractivity contribution is 0.100. The van der Waals surface area contributed by atoms with E-state index in [0.29, 0.717) is 11.3 Å². The summed E-state index contributed by atoms with van der Waals surface area (Å²) in [6.07, 6.45) is 3.14. The first-order valence-corrected chi connectivity index (χ1v) is 6.66. The van der Waals surface area contributed by atoms with Crippen molar-refractivity contribution in [3.8, 4) is 0 Å². The van der Waals surface area contributed by atoms with Crippen LogP contribution in [0.2, 0.25) is 0 Å². The fourth-order valence-electron chi connectivity index (χ4n) is 1.68. The van der Waals surface area contributed by atoms with Gasteiger partial charge in [0.15, 0.2) is 0 Å². The van der Waals surface area contributed by atoms with E-state index in [9.17, 15) is 4.79 Å². The van der Waals surface area contributed by atoms with Crippen molar-refractivity contribution in [2.45, 2.75) is 26.2 Å². The summed E-state index contributed by atoms with van der Waals surface area (Å²) in [5.41, 5.74) is 12.6. The third-order valence-electron chi connectivity index (χ3n) is 2.79. The van der Waals surface area contributed by atoms with Gasteiger partial charge in [-0.3, -0.25) is 4.79 Å². The summed E-state index contributed by atoms with van der Waals surface area (Å²) in [4.78, 5) is 11.1. The number of rotatable bonds is 9. The predicted molar refractivity (Wildman–Crippen MR) is 78.2 cm³/mol.